The van der Waals surface area contributed by atoms with Crippen molar-refractivity contribution in [3.8, 4) is 0 Å². The fraction of sp³-hybridized carbons (Fsp3) is 0.967. The molecule has 0 saturated carbocycles. The average Bonchev–Trinajstić information content (AvgIpc) is 2.93. The van der Waals surface area contributed by atoms with Crippen LogP contribution in [0.1, 0.15) is 123 Å². The molecule has 0 spiro atoms. The summed E-state index contributed by atoms with van der Waals surface area (Å²) in [5, 5.41) is 39.5. The Bertz CT molecular complexity index is 575. The van der Waals surface area contributed by atoms with Crippen molar-refractivity contribution < 1.29 is 44.2 Å². The molecular weight excluding hydrogens is 504 g/mol. The highest BCUT2D eigenvalue weighted by atomic mass is 16.7. The summed E-state index contributed by atoms with van der Waals surface area (Å²) in [6.45, 7) is 4.44. The first-order valence-electron chi connectivity index (χ1n) is 15.6. The third-order valence-electron chi connectivity index (χ3n) is 7.27. The first-order valence-corrected chi connectivity index (χ1v) is 15.6. The molecule has 1 saturated heterocycles. The van der Waals surface area contributed by atoms with Gasteiger partial charge in [0.1, 0.15) is 30.5 Å². The average molecular weight is 563 g/mol. The first-order chi connectivity index (χ1) is 18.9. The molecule has 9 nitrogen and oxygen atoms in total. The van der Waals surface area contributed by atoms with Gasteiger partial charge >= 0.3 is 5.97 Å². The standard InChI is InChI=1S/C30H58O9/c1-3-5-7-9-10-11-12-13-14-16-18-20-36-22-24(38-26(32)19-17-15-8-6-4-2)23-37-30-29(35)28(34)27(33)25(21-31)39-30/h24-25,27-31,33-35H,3-23H2,1-2H3. The van der Waals surface area contributed by atoms with Gasteiger partial charge in [-0.15, -0.1) is 0 Å². The van der Waals surface area contributed by atoms with Gasteiger partial charge in [-0.2, -0.15) is 0 Å². The van der Waals surface area contributed by atoms with E-state index in [4.69, 9.17) is 18.9 Å². The maximum absolute atomic E-state index is 12.4. The molecule has 0 aromatic rings. The van der Waals surface area contributed by atoms with Gasteiger partial charge in [0.2, 0.25) is 0 Å². The van der Waals surface area contributed by atoms with Gasteiger partial charge in [-0.05, 0) is 12.8 Å². The smallest absolute Gasteiger partial charge is 0.306 e. The number of hydrogen-bond donors (Lipinski definition) is 4. The van der Waals surface area contributed by atoms with Crippen molar-refractivity contribution in [2.45, 2.75) is 160 Å². The quantitative estimate of drug-likeness (QED) is 0.0943. The molecule has 1 rings (SSSR count). The number of esters is 1. The maximum Gasteiger partial charge on any atom is 0.306 e. The molecule has 1 aliphatic rings. The van der Waals surface area contributed by atoms with Crippen LogP contribution in [-0.4, -0.2) is 89.6 Å². The Labute approximate surface area is 236 Å². The van der Waals surface area contributed by atoms with Crippen molar-refractivity contribution >= 4 is 5.97 Å². The second-order valence-electron chi connectivity index (χ2n) is 10.9. The molecule has 0 amide bonds. The lowest BCUT2D eigenvalue weighted by atomic mass is 9.99. The summed E-state index contributed by atoms with van der Waals surface area (Å²) < 4.78 is 22.4. The van der Waals surface area contributed by atoms with Gasteiger partial charge in [-0.1, -0.05) is 104 Å². The minimum absolute atomic E-state index is 0.109. The van der Waals surface area contributed by atoms with Crippen molar-refractivity contribution in [3.63, 3.8) is 0 Å². The van der Waals surface area contributed by atoms with Gasteiger partial charge in [0, 0.05) is 13.0 Å². The fourth-order valence-corrected chi connectivity index (χ4v) is 4.72. The number of hydrogen-bond acceptors (Lipinski definition) is 9. The Morgan fingerprint density at radius 1 is 0.718 bits per heavy atom. The highest BCUT2D eigenvalue weighted by molar-refractivity contribution is 5.69. The Kier molecular flexibility index (Phi) is 22.1. The highest BCUT2D eigenvalue weighted by Gasteiger charge is 2.44. The van der Waals surface area contributed by atoms with Gasteiger partial charge < -0.3 is 39.4 Å². The Morgan fingerprint density at radius 2 is 1.26 bits per heavy atom. The molecule has 0 aromatic heterocycles. The number of carbonyl (C=O) groups is 1. The van der Waals surface area contributed by atoms with E-state index in [1.54, 1.807) is 0 Å². The van der Waals surface area contributed by atoms with E-state index in [9.17, 15) is 25.2 Å². The topological polar surface area (TPSA) is 135 Å². The predicted octanol–water partition coefficient (Wildman–Crippen LogP) is 4.40. The molecule has 0 bridgehead atoms. The van der Waals surface area contributed by atoms with Crippen LogP contribution in [0.2, 0.25) is 0 Å². The van der Waals surface area contributed by atoms with Crippen molar-refractivity contribution in [1.82, 2.24) is 0 Å². The number of unbranched alkanes of at least 4 members (excludes halogenated alkanes) is 14. The van der Waals surface area contributed by atoms with Crippen LogP contribution >= 0.6 is 0 Å². The van der Waals surface area contributed by atoms with Crippen LogP contribution < -0.4 is 0 Å². The lowest BCUT2D eigenvalue weighted by Gasteiger charge is -2.39. The summed E-state index contributed by atoms with van der Waals surface area (Å²) in [7, 11) is 0. The molecule has 39 heavy (non-hydrogen) atoms. The number of ether oxygens (including phenoxy) is 4. The zero-order valence-electron chi connectivity index (χ0n) is 24.6. The van der Waals surface area contributed by atoms with Crippen molar-refractivity contribution in [2.24, 2.45) is 0 Å². The third-order valence-corrected chi connectivity index (χ3v) is 7.27. The van der Waals surface area contributed by atoms with Crippen LogP contribution in [0.4, 0.5) is 0 Å². The molecule has 1 aliphatic heterocycles. The molecule has 4 N–H and O–H groups in total. The highest BCUT2D eigenvalue weighted by Crippen LogP contribution is 2.22. The number of carbonyl (C=O) groups excluding carboxylic acids is 1. The second kappa shape index (κ2) is 23.9. The largest absolute Gasteiger partial charge is 0.457 e. The van der Waals surface area contributed by atoms with Gasteiger partial charge in [0.25, 0.3) is 0 Å². The van der Waals surface area contributed by atoms with Gasteiger partial charge in [0.05, 0.1) is 19.8 Å². The summed E-state index contributed by atoms with van der Waals surface area (Å²) in [6, 6.07) is 0. The molecule has 6 atom stereocenters. The molecule has 0 aromatic carbocycles. The van der Waals surface area contributed by atoms with Crippen LogP contribution in [0.25, 0.3) is 0 Å². The van der Waals surface area contributed by atoms with Crippen molar-refractivity contribution in [1.29, 1.82) is 0 Å². The molecule has 1 fully saturated rings. The van der Waals surface area contributed by atoms with E-state index < -0.39 is 43.4 Å². The Morgan fingerprint density at radius 3 is 1.82 bits per heavy atom. The monoisotopic (exact) mass is 562 g/mol. The van der Waals surface area contributed by atoms with E-state index in [2.05, 4.69) is 13.8 Å². The van der Waals surface area contributed by atoms with Crippen LogP contribution in [0, 0.1) is 0 Å². The van der Waals surface area contributed by atoms with Crippen LogP contribution in [-0.2, 0) is 23.7 Å². The van der Waals surface area contributed by atoms with E-state index in [0.29, 0.717) is 13.0 Å². The lowest BCUT2D eigenvalue weighted by molar-refractivity contribution is -0.305. The first kappa shape index (κ1) is 36.2. The number of aliphatic hydroxyl groups excluding tert-OH is 4. The Hall–Kier alpha value is -0.810. The molecule has 232 valence electrons. The van der Waals surface area contributed by atoms with Gasteiger partial charge in [-0.25, -0.2) is 0 Å². The zero-order chi connectivity index (χ0) is 28.7. The summed E-state index contributed by atoms with van der Waals surface area (Å²) >= 11 is 0. The SMILES string of the molecule is CCCCCCCCCCCCCOCC(COC1OC(CO)C(O)C(O)C1O)OC(=O)CCCCCCC. The van der Waals surface area contributed by atoms with E-state index in [-0.39, 0.29) is 19.2 Å². The summed E-state index contributed by atoms with van der Waals surface area (Å²) in [5.41, 5.74) is 0. The lowest BCUT2D eigenvalue weighted by Crippen LogP contribution is -2.59. The third kappa shape index (κ3) is 16.9. The van der Waals surface area contributed by atoms with E-state index in [1.807, 2.05) is 0 Å². The van der Waals surface area contributed by atoms with Crippen molar-refractivity contribution in [3.05, 3.63) is 0 Å². The van der Waals surface area contributed by atoms with E-state index >= 15 is 0 Å². The summed E-state index contributed by atoms with van der Waals surface area (Å²) in [4.78, 5) is 12.4. The molecule has 0 radical (unpaired) electrons. The van der Waals surface area contributed by atoms with Gasteiger partial charge in [0.15, 0.2) is 6.29 Å². The minimum atomic E-state index is -1.53. The summed E-state index contributed by atoms with van der Waals surface area (Å²) in [5.74, 6) is -0.327. The summed E-state index contributed by atoms with van der Waals surface area (Å²) in [6.07, 6.45) is 11.7. The zero-order valence-corrected chi connectivity index (χ0v) is 24.6. The molecular formula is C30H58O9. The fourth-order valence-electron chi connectivity index (χ4n) is 4.72. The number of rotatable bonds is 25. The molecule has 1 heterocycles. The molecule has 6 unspecified atom stereocenters. The molecule has 9 heteroatoms. The van der Waals surface area contributed by atoms with Gasteiger partial charge in [-0.3, -0.25) is 4.79 Å². The van der Waals surface area contributed by atoms with E-state index in [1.165, 1.54) is 57.8 Å². The van der Waals surface area contributed by atoms with Crippen LogP contribution in [0.15, 0.2) is 0 Å². The normalized spacial score (nSPS) is 24.1. The molecule has 0 aliphatic carbocycles. The van der Waals surface area contributed by atoms with Crippen molar-refractivity contribution in [2.75, 3.05) is 26.4 Å². The van der Waals surface area contributed by atoms with E-state index in [0.717, 1.165) is 44.9 Å². The van der Waals surface area contributed by atoms with Crippen LogP contribution in [0.3, 0.4) is 0 Å². The number of aliphatic hydroxyl groups is 4. The van der Waals surface area contributed by atoms with Crippen LogP contribution in [0.5, 0.6) is 0 Å². The predicted molar refractivity (Wildman–Crippen MR) is 150 cm³/mol. The maximum atomic E-state index is 12.4. The second-order valence-corrected chi connectivity index (χ2v) is 10.9. The Balaban J connectivity index is 2.37. The minimum Gasteiger partial charge on any atom is -0.457 e.